The minimum atomic E-state index is 0.756. The predicted molar refractivity (Wildman–Crippen MR) is 69.8 cm³/mol. The van der Waals surface area contributed by atoms with Crippen LogP contribution in [0.3, 0.4) is 0 Å². The summed E-state index contributed by atoms with van der Waals surface area (Å²) in [5.41, 5.74) is 1.13. The average molecular weight is 284 g/mol. The highest BCUT2D eigenvalue weighted by atomic mass is 79.9. The molecule has 1 aromatic heterocycles. The molecule has 0 aliphatic carbocycles. The Labute approximate surface area is 105 Å². The summed E-state index contributed by atoms with van der Waals surface area (Å²) in [4.78, 5) is 11.1. The van der Waals surface area contributed by atoms with Crippen molar-refractivity contribution in [1.82, 2.24) is 9.97 Å². The Hall–Kier alpha value is -0.640. The van der Waals surface area contributed by atoms with E-state index in [0.29, 0.717) is 0 Å². The first-order chi connectivity index (χ1) is 7.70. The summed E-state index contributed by atoms with van der Waals surface area (Å²) in [6.07, 6.45) is 5.07. The van der Waals surface area contributed by atoms with Crippen LogP contribution in [0.5, 0.6) is 0 Å². The predicted octanol–water partition coefficient (Wildman–Crippen LogP) is 2.85. The van der Waals surface area contributed by atoms with Crippen molar-refractivity contribution in [3.8, 4) is 0 Å². The average Bonchev–Trinajstić information content (AvgIpc) is 2.78. The van der Waals surface area contributed by atoms with Crippen LogP contribution < -0.4 is 4.90 Å². The molecule has 1 aromatic rings. The second kappa shape index (κ2) is 5.13. The van der Waals surface area contributed by atoms with E-state index in [9.17, 15) is 0 Å². The third-order valence-electron chi connectivity index (χ3n) is 3.30. The first-order valence-corrected chi connectivity index (χ1v) is 6.94. The van der Waals surface area contributed by atoms with Gasteiger partial charge >= 0.3 is 0 Å². The molecule has 2 rings (SSSR count). The highest BCUT2D eigenvalue weighted by Gasteiger charge is 2.26. The van der Waals surface area contributed by atoms with Crippen molar-refractivity contribution in [2.45, 2.75) is 25.6 Å². The van der Waals surface area contributed by atoms with Crippen LogP contribution in [0.2, 0.25) is 0 Å². The summed E-state index contributed by atoms with van der Waals surface area (Å²) in [7, 11) is 0. The number of anilines is 1. The highest BCUT2D eigenvalue weighted by Crippen LogP contribution is 2.25. The molecule has 3 nitrogen and oxygen atoms in total. The molecule has 88 valence electrons. The fraction of sp³-hybridized carbons (Fsp3) is 0.667. The van der Waals surface area contributed by atoms with Crippen LogP contribution in [0.4, 0.5) is 5.95 Å². The van der Waals surface area contributed by atoms with Gasteiger partial charge in [-0.2, -0.15) is 0 Å². The molecule has 1 fully saturated rings. The lowest BCUT2D eigenvalue weighted by Gasteiger charge is -2.17. The number of nitrogens with zero attached hydrogens (tertiary/aromatic N) is 3. The van der Waals surface area contributed by atoms with E-state index in [1.54, 1.807) is 0 Å². The van der Waals surface area contributed by atoms with Crippen molar-refractivity contribution in [3.05, 3.63) is 18.0 Å². The zero-order valence-electron chi connectivity index (χ0n) is 9.86. The van der Waals surface area contributed by atoms with Crippen LogP contribution in [0.25, 0.3) is 0 Å². The molecule has 1 atom stereocenters. The SMILES string of the molecule is CC(C)C1CCN(c2ncc(CBr)cn2)C1. The second-order valence-electron chi connectivity index (χ2n) is 4.76. The Balaban J connectivity index is 2.03. The Morgan fingerprint density at radius 2 is 2.12 bits per heavy atom. The van der Waals surface area contributed by atoms with E-state index >= 15 is 0 Å². The molecule has 0 N–H and O–H groups in total. The normalized spacial score (nSPS) is 20.8. The zero-order chi connectivity index (χ0) is 11.5. The third-order valence-corrected chi connectivity index (χ3v) is 3.94. The Morgan fingerprint density at radius 3 is 2.62 bits per heavy atom. The molecule has 0 spiro atoms. The molecule has 0 bridgehead atoms. The molecule has 2 heterocycles. The molecular formula is C12H18BrN3. The summed E-state index contributed by atoms with van der Waals surface area (Å²) in [5, 5.41) is 0.821. The number of hydrogen-bond acceptors (Lipinski definition) is 3. The van der Waals surface area contributed by atoms with E-state index in [1.165, 1.54) is 6.42 Å². The van der Waals surface area contributed by atoms with E-state index in [-0.39, 0.29) is 0 Å². The van der Waals surface area contributed by atoms with Gasteiger partial charge < -0.3 is 4.90 Å². The van der Waals surface area contributed by atoms with Gasteiger partial charge in [-0.1, -0.05) is 29.8 Å². The lowest BCUT2D eigenvalue weighted by Crippen LogP contribution is -2.23. The van der Waals surface area contributed by atoms with E-state index in [4.69, 9.17) is 0 Å². The topological polar surface area (TPSA) is 29.0 Å². The molecule has 1 aliphatic heterocycles. The van der Waals surface area contributed by atoms with Gasteiger partial charge in [0.05, 0.1) is 0 Å². The van der Waals surface area contributed by atoms with Gasteiger partial charge in [0.15, 0.2) is 0 Å². The minimum Gasteiger partial charge on any atom is -0.341 e. The van der Waals surface area contributed by atoms with Crippen molar-refractivity contribution >= 4 is 21.9 Å². The van der Waals surface area contributed by atoms with Crippen LogP contribution in [-0.2, 0) is 5.33 Å². The molecule has 1 aliphatic rings. The molecule has 0 radical (unpaired) electrons. The maximum absolute atomic E-state index is 4.41. The molecule has 16 heavy (non-hydrogen) atoms. The van der Waals surface area contributed by atoms with Gasteiger partial charge in [-0.15, -0.1) is 0 Å². The lowest BCUT2D eigenvalue weighted by atomic mass is 9.95. The largest absolute Gasteiger partial charge is 0.341 e. The number of alkyl halides is 1. The third kappa shape index (κ3) is 2.54. The molecule has 0 aromatic carbocycles. The quantitative estimate of drug-likeness (QED) is 0.799. The number of hydrogen-bond donors (Lipinski definition) is 0. The van der Waals surface area contributed by atoms with Gasteiger partial charge in [-0.25, -0.2) is 9.97 Å². The van der Waals surface area contributed by atoms with Crippen LogP contribution >= 0.6 is 15.9 Å². The number of rotatable bonds is 3. The maximum atomic E-state index is 4.41. The van der Waals surface area contributed by atoms with E-state index in [2.05, 4.69) is 44.6 Å². The molecule has 0 amide bonds. The van der Waals surface area contributed by atoms with E-state index < -0.39 is 0 Å². The fourth-order valence-corrected chi connectivity index (χ4v) is 2.38. The van der Waals surface area contributed by atoms with E-state index in [0.717, 1.165) is 41.8 Å². The highest BCUT2D eigenvalue weighted by molar-refractivity contribution is 9.08. The van der Waals surface area contributed by atoms with Crippen LogP contribution in [0.1, 0.15) is 25.8 Å². The Morgan fingerprint density at radius 1 is 1.44 bits per heavy atom. The smallest absolute Gasteiger partial charge is 0.225 e. The van der Waals surface area contributed by atoms with Crippen LogP contribution in [0, 0.1) is 11.8 Å². The van der Waals surface area contributed by atoms with Crippen LogP contribution in [-0.4, -0.2) is 23.1 Å². The summed E-state index contributed by atoms with van der Waals surface area (Å²) in [6.45, 7) is 6.79. The molecule has 4 heteroatoms. The first kappa shape index (κ1) is 11.8. The zero-order valence-corrected chi connectivity index (χ0v) is 11.4. The summed E-state index contributed by atoms with van der Waals surface area (Å²) in [6, 6.07) is 0. The summed E-state index contributed by atoms with van der Waals surface area (Å²) in [5.74, 6) is 2.43. The van der Waals surface area contributed by atoms with E-state index in [1.807, 2.05) is 12.4 Å². The summed E-state index contributed by atoms with van der Waals surface area (Å²) < 4.78 is 0. The standard InChI is InChI=1S/C12H18BrN3/c1-9(2)11-3-4-16(8-11)12-14-6-10(5-13)7-15-12/h6-7,9,11H,3-5,8H2,1-2H3. The van der Waals surface area contributed by atoms with Gasteiger partial charge in [0.1, 0.15) is 0 Å². The molecule has 1 saturated heterocycles. The molecular weight excluding hydrogens is 266 g/mol. The monoisotopic (exact) mass is 283 g/mol. The Bertz CT molecular complexity index is 337. The molecule has 1 unspecified atom stereocenters. The number of halogens is 1. The van der Waals surface area contributed by atoms with Crippen molar-refractivity contribution in [1.29, 1.82) is 0 Å². The minimum absolute atomic E-state index is 0.756. The van der Waals surface area contributed by atoms with Gasteiger partial charge in [0.2, 0.25) is 5.95 Å². The molecule has 0 saturated carbocycles. The van der Waals surface area contributed by atoms with Crippen molar-refractivity contribution in [2.75, 3.05) is 18.0 Å². The lowest BCUT2D eigenvalue weighted by molar-refractivity contribution is 0.422. The van der Waals surface area contributed by atoms with Gasteiger partial charge in [0, 0.05) is 30.8 Å². The second-order valence-corrected chi connectivity index (χ2v) is 5.32. The first-order valence-electron chi connectivity index (χ1n) is 5.82. The fourth-order valence-electron chi connectivity index (χ4n) is 2.09. The van der Waals surface area contributed by atoms with Crippen molar-refractivity contribution < 1.29 is 0 Å². The Kier molecular flexibility index (Phi) is 3.79. The summed E-state index contributed by atoms with van der Waals surface area (Å²) >= 11 is 3.40. The number of aromatic nitrogens is 2. The van der Waals surface area contributed by atoms with Crippen molar-refractivity contribution in [3.63, 3.8) is 0 Å². The van der Waals surface area contributed by atoms with Gasteiger partial charge in [0.25, 0.3) is 0 Å². The van der Waals surface area contributed by atoms with Crippen molar-refractivity contribution in [2.24, 2.45) is 11.8 Å². The van der Waals surface area contributed by atoms with Crippen LogP contribution in [0.15, 0.2) is 12.4 Å². The van der Waals surface area contributed by atoms with Gasteiger partial charge in [-0.05, 0) is 23.8 Å². The maximum Gasteiger partial charge on any atom is 0.225 e. The van der Waals surface area contributed by atoms with Gasteiger partial charge in [-0.3, -0.25) is 0 Å².